The van der Waals surface area contributed by atoms with E-state index in [1.54, 1.807) is 16.0 Å². The van der Waals surface area contributed by atoms with Gasteiger partial charge in [-0.25, -0.2) is 4.68 Å². The Morgan fingerprint density at radius 1 is 1.25 bits per heavy atom. The van der Waals surface area contributed by atoms with Gasteiger partial charge in [-0.3, -0.25) is 4.79 Å². The number of carbonyl (C=O) groups is 1. The van der Waals surface area contributed by atoms with Crippen LogP contribution in [0.3, 0.4) is 0 Å². The number of anilines is 2. The third-order valence-corrected chi connectivity index (χ3v) is 6.49. The molecule has 1 saturated heterocycles. The predicted octanol–water partition coefficient (Wildman–Crippen LogP) is 3.37. The fourth-order valence-electron chi connectivity index (χ4n) is 3.16. The van der Waals surface area contributed by atoms with Gasteiger partial charge in [0.2, 0.25) is 11.1 Å². The fourth-order valence-corrected chi connectivity index (χ4v) is 4.52. The zero-order chi connectivity index (χ0) is 22.6. The van der Waals surface area contributed by atoms with E-state index in [1.807, 2.05) is 22.4 Å². The molecule has 1 fully saturated rings. The van der Waals surface area contributed by atoms with Gasteiger partial charge in [-0.05, 0) is 40.1 Å². The summed E-state index contributed by atoms with van der Waals surface area (Å²) in [5, 5.41) is 16.5. The highest BCUT2D eigenvalue weighted by Crippen LogP contribution is 2.36. The summed E-state index contributed by atoms with van der Waals surface area (Å²) in [7, 11) is 0. The standard InChI is InChI=1S/C19H19F3N6O2S2/c20-19(21,22)13-3-4-16(27-5-7-30-8-6-27)15(10-13)23-17(29)12-32-18-24-25-26-28(18)11-14-2-1-9-31-14/h1-4,9-10H,5-8,11-12H2,(H,23,29). The fraction of sp³-hybridized carbons (Fsp3) is 0.368. The Balaban J connectivity index is 1.46. The Morgan fingerprint density at radius 2 is 2.06 bits per heavy atom. The third-order valence-electron chi connectivity index (χ3n) is 4.67. The van der Waals surface area contributed by atoms with E-state index >= 15 is 0 Å². The van der Waals surface area contributed by atoms with Gasteiger partial charge in [-0.2, -0.15) is 13.2 Å². The van der Waals surface area contributed by atoms with Crippen LogP contribution < -0.4 is 10.2 Å². The number of nitrogens with one attached hydrogen (secondary N) is 1. The number of thiophene rings is 1. The number of benzene rings is 1. The number of aromatic nitrogens is 4. The highest BCUT2D eigenvalue weighted by Gasteiger charge is 2.32. The number of hydrogen-bond donors (Lipinski definition) is 1. The van der Waals surface area contributed by atoms with E-state index < -0.39 is 17.6 Å². The molecule has 8 nitrogen and oxygen atoms in total. The van der Waals surface area contributed by atoms with Crippen LogP contribution in [-0.4, -0.2) is 58.2 Å². The van der Waals surface area contributed by atoms with Gasteiger partial charge < -0.3 is 15.0 Å². The molecule has 0 radical (unpaired) electrons. The van der Waals surface area contributed by atoms with Crippen LogP contribution in [0.25, 0.3) is 0 Å². The first kappa shape index (κ1) is 22.6. The van der Waals surface area contributed by atoms with Gasteiger partial charge >= 0.3 is 6.18 Å². The third kappa shape index (κ3) is 5.58. The van der Waals surface area contributed by atoms with E-state index in [1.165, 1.54) is 6.07 Å². The van der Waals surface area contributed by atoms with Crippen LogP contribution >= 0.6 is 23.1 Å². The van der Waals surface area contributed by atoms with Crippen LogP contribution in [0.5, 0.6) is 0 Å². The van der Waals surface area contributed by atoms with E-state index in [0.29, 0.717) is 43.7 Å². The van der Waals surface area contributed by atoms with Crippen molar-refractivity contribution in [2.75, 3.05) is 42.3 Å². The van der Waals surface area contributed by atoms with Gasteiger partial charge in [0.1, 0.15) is 0 Å². The molecule has 1 N–H and O–H groups in total. The molecular weight excluding hydrogens is 465 g/mol. The summed E-state index contributed by atoms with van der Waals surface area (Å²) >= 11 is 2.68. The Bertz CT molecular complexity index is 1050. The second kappa shape index (κ2) is 9.88. The van der Waals surface area contributed by atoms with E-state index in [4.69, 9.17) is 4.74 Å². The molecule has 13 heteroatoms. The van der Waals surface area contributed by atoms with Gasteiger partial charge in [0.05, 0.1) is 42.4 Å². The highest BCUT2D eigenvalue weighted by atomic mass is 32.2. The van der Waals surface area contributed by atoms with E-state index in [-0.39, 0.29) is 11.4 Å². The molecule has 0 atom stereocenters. The van der Waals surface area contributed by atoms with Gasteiger partial charge in [-0.15, -0.1) is 16.4 Å². The molecule has 1 aliphatic heterocycles. The summed E-state index contributed by atoms with van der Waals surface area (Å²) in [6.07, 6.45) is -4.51. The van der Waals surface area contributed by atoms with E-state index in [0.717, 1.165) is 28.8 Å². The molecule has 0 spiro atoms. The van der Waals surface area contributed by atoms with Crippen LogP contribution in [0, 0.1) is 0 Å². The first-order valence-corrected chi connectivity index (χ1v) is 11.5. The minimum absolute atomic E-state index is 0.0520. The summed E-state index contributed by atoms with van der Waals surface area (Å²) in [5.41, 5.74) is -0.176. The van der Waals surface area contributed by atoms with Crippen molar-refractivity contribution < 1.29 is 22.7 Å². The number of ether oxygens (including phenoxy) is 1. The largest absolute Gasteiger partial charge is 0.416 e. The number of morpholine rings is 1. The minimum atomic E-state index is -4.51. The Kier molecular flexibility index (Phi) is 6.96. The van der Waals surface area contributed by atoms with Crippen LogP contribution in [0.1, 0.15) is 10.4 Å². The van der Waals surface area contributed by atoms with Gasteiger partial charge in [0, 0.05) is 18.0 Å². The number of carbonyl (C=O) groups excluding carboxylic acids is 1. The lowest BCUT2D eigenvalue weighted by Crippen LogP contribution is -2.37. The van der Waals surface area contributed by atoms with Crippen molar-refractivity contribution in [3.05, 3.63) is 46.2 Å². The van der Waals surface area contributed by atoms with Gasteiger partial charge in [-0.1, -0.05) is 17.8 Å². The number of amides is 1. The molecule has 170 valence electrons. The average molecular weight is 485 g/mol. The molecule has 1 amide bonds. The zero-order valence-corrected chi connectivity index (χ0v) is 18.3. The van der Waals surface area contributed by atoms with Crippen molar-refractivity contribution in [2.24, 2.45) is 0 Å². The molecule has 0 aliphatic carbocycles. The number of thioether (sulfide) groups is 1. The van der Waals surface area contributed by atoms with Crippen molar-refractivity contribution in [2.45, 2.75) is 17.9 Å². The number of tetrazole rings is 1. The summed E-state index contributed by atoms with van der Waals surface area (Å²) in [6.45, 7) is 2.47. The number of halogens is 3. The molecule has 3 heterocycles. The van der Waals surface area contributed by atoms with Crippen LogP contribution in [0.2, 0.25) is 0 Å². The number of nitrogens with zero attached hydrogens (tertiary/aromatic N) is 5. The maximum atomic E-state index is 13.2. The molecule has 1 aliphatic rings. The predicted molar refractivity (Wildman–Crippen MR) is 115 cm³/mol. The lowest BCUT2D eigenvalue weighted by atomic mass is 10.1. The molecule has 0 bridgehead atoms. The summed E-state index contributed by atoms with van der Waals surface area (Å²) in [6, 6.07) is 7.25. The monoisotopic (exact) mass is 484 g/mol. The van der Waals surface area contributed by atoms with Crippen LogP contribution in [0.4, 0.5) is 24.5 Å². The molecule has 3 aromatic rings. The van der Waals surface area contributed by atoms with Crippen LogP contribution in [0.15, 0.2) is 40.9 Å². The quantitative estimate of drug-likeness (QED) is 0.515. The van der Waals surface area contributed by atoms with E-state index in [9.17, 15) is 18.0 Å². The molecule has 1 aromatic carbocycles. The number of hydrogen-bond acceptors (Lipinski definition) is 8. The van der Waals surface area contributed by atoms with Crippen molar-refractivity contribution in [3.8, 4) is 0 Å². The zero-order valence-electron chi connectivity index (χ0n) is 16.7. The lowest BCUT2D eigenvalue weighted by molar-refractivity contribution is -0.137. The highest BCUT2D eigenvalue weighted by molar-refractivity contribution is 7.99. The smallest absolute Gasteiger partial charge is 0.378 e. The Labute approximate surface area is 189 Å². The normalized spacial score (nSPS) is 14.5. The van der Waals surface area contributed by atoms with Crippen molar-refractivity contribution in [3.63, 3.8) is 0 Å². The van der Waals surface area contributed by atoms with Crippen molar-refractivity contribution in [1.29, 1.82) is 0 Å². The molecule has 0 unspecified atom stereocenters. The Hall–Kier alpha value is -2.64. The SMILES string of the molecule is O=C(CSc1nnnn1Cc1cccs1)Nc1cc(C(F)(F)F)ccc1N1CCOCC1. The maximum absolute atomic E-state index is 13.2. The van der Waals surface area contributed by atoms with E-state index in [2.05, 4.69) is 20.8 Å². The number of rotatable bonds is 7. The summed E-state index contributed by atoms with van der Waals surface area (Å²) in [5.74, 6) is -0.502. The maximum Gasteiger partial charge on any atom is 0.416 e. The number of alkyl halides is 3. The lowest BCUT2D eigenvalue weighted by Gasteiger charge is -2.31. The summed E-state index contributed by atoms with van der Waals surface area (Å²) < 4.78 is 46.6. The Morgan fingerprint density at radius 3 is 2.78 bits per heavy atom. The van der Waals surface area contributed by atoms with Crippen LogP contribution in [-0.2, 0) is 22.3 Å². The molecule has 4 rings (SSSR count). The van der Waals surface area contributed by atoms with Crippen molar-refractivity contribution >= 4 is 40.4 Å². The first-order chi connectivity index (χ1) is 15.4. The second-order valence-corrected chi connectivity index (χ2v) is 8.84. The topological polar surface area (TPSA) is 85.2 Å². The van der Waals surface area contributed by atoms with Crippen molar-refractivity contribution in [1.82, 2.24) is 20.2 Å². The first-order valence-electron chi connectivity index (χ1n) is 9.65. The molecule has 2 aromatic heterocycles. The molecular formula is C19H19F3N6O2S2. The molecule has 32 heavy (non-hydrogen) atoms. The minimum Gasteiger partial charge on any atom is -0.378 e. The average Bonchev–Trinajstić information content (AvgIpc) is 3.45. The molecule has 0 saturated carbocycles. The summed E-state index contributed by atoms with van der Waals surface area (Å²) in [4.78, 5) is 15.6. The second-order valence-electron chi connectivity index (χ2n) is 6.86. The van der Waals surface area contributed by atoms with Gasteiger partial charge in [0.25, 0.3) is 0 Å². The van der Waals surface area contributed by atoms with Gasteiger partial charge in [0.15, 0.2) is 0 Å².